The number of Topliss-reactive ketones (excluding diaryl/α,β-unsaturated/α-hetero) is 1. The third-order valence-corrected chi connectivity index (χ3v) is 4.41. The van der Waals surface area contributed by atoms with E-state index in [0.29, 0.717) is 5.75 Å². The molecule has 0 aliphatic rings. The molecule has 0 atom stereocenters. The molecule has 0 aliphatic carbocycles. The maximum Gasteiger partial charge on any atom is 0.255 e. The summed E-state index contributed by atoms with van der Waals surface area (Å²) in [5.41, 5.74) is 3.39. The molecule has 4 nitrogen and oxygen atoms in total. The van der Waals surface area contributed by atoms with Crippen molar-refractivity contribution in [1.29, 1.82) is 0 Å². The maximum atomic E-state index is 12.9. The van der Waals surface area contributed by atoms with Gasteiger partial charge in [0.1, 0.15) is 11.5 Å². The number of allylic oxidation sites excluding steroid dienone is 1. The number of nitrogens with zero attached hydrogens (tertiary/aromatic N) is 1. The van der Waals surface area contributed by atoms with E-state index in [9.17, 15) is 9.59 Å². The number of ketones is 1. The van der Waals surface area contributed by atoms with E-state index in [4.69, 9.17) is 4.74 Å². The fourth-order valence-corrected chi connectivity index (χ4v) is 3.15. The molecule has 0 amide bonds. The first-order chi connectivity index (χ1) is 12.5. The molecule has 0 saturated carbocycles. The van der Waals surface area contributed by atoms with Gasteiger partial charge in [0.2, 0.25) is 0 Å². The molecule has 3 aromatic rings. The molecule has 0 aliphatic heterocycles. The molecule has 4 heteroatoms. The molecule has 1 heterocycles. The van der Waals surface area contributed by atoms with Crippen LogP contribution in [-0.4, -0.2) is 23.4 Å². The average Bonchev–Trinajstić information content (AvgIpc) is 2.91. The van der Waals surface area contributed by atoms with Crippen LogP contribution in [0.25, 0.3) is 17.0 Å². The van der Waals surface area contributed by atoms with Gasteiger partial charge in [-0.25, -0.2) is 0 Å². The zero-order valence-corrected chi connectivity index (χ0v) is 15.2. The molecule has 0 N–H and O–H groups in total. The number of aromatic nitrogens is 1. The summed E-state index contributed by atoms with van der Waals surface area (Å²) in [4.78, 5) is 24.6. The summed E-state index contributed by atoms with van der Waals surface area (Å²) in [5, 5.41) is 0.874. The standard InChI is InChI=1S/C22H21NO3/c1-15(24)13-19-16(2)23(21-11-10-18(26-3)14-20(19)21)22(25)12-9-17-7-5-4-6-8-17/h4-12,14H,13H2,1-3H3. The highest BCUT2D eigenvalue weighted by molar-refractivity contribution is 6.03. The summed E-state index contributed by atoms with van der Waals surface area (Å²) in [6.45, 7) is 3.43. The normalized spacial score (nSPS) is 11.2. The molecule has 3 rings (SSSR count). The van der Waals surface area contributed by atoms with Gasteiger partial charge in [0.05, 0.1) is 12.6 Å². The lowest BCUT2D eigenvalue weighted by Crippen LogP contribution is -2.10. The fraction of sp³-hybridized carbons (Fsp3) is 0.182. The van der Waals surface area contributed by atoms with Crippen molar-refractivity contribution in [1.82, 2.24) is 4.57 Å². The van der Waals surface area contributed by atoms with Crippen LogP contribution >= 0.6 is 0 Å². The third-order valence-electron chi connectivity index (χ3n) is 4.41. The van der Waals surface area contributed by atoms with Gasteiger partial charge in [0, 0.05) is 23.6 Å². The van der Waals surface area contributed by atoms with E-state index in [-0.39, 0.29) is 18.1 Å². The fourth-order valence-electron chi connectivity index (χ4n) is 3.15. The van der Waals surface area contributed by atoms with Crippen molar-refractivity contribution in [3.63, 3.8) is 0 Å². The smallest absolute Gasteiger partial charge is 0.255 e. The molecule has 0 saturated heterocycles. The number of benzene rings is 2. The predicted octanol–water partition coefficient (Wildman–Crippen LogP) is 4.44. The Labute approximate surface area is 152 Å². The molecule has 26 heavy (non-hydrogen) atoms. The Morgan fingerprint density at radius 2 is 1.85 bits per heavy atom. The second-order valence-electron chi connectivity index (χ2n) is 6.24. The molecule has 0 spiro atoms. The van der Waals surface area contributed by atoms with Crippen LogP contribution in [0.3, 0.4) is 0 Å². The largest absolute Gasteiger partial charge is 0.497 e. The summed E-state index contributed by atoms with van der Waals surface area (Å²) in [5.74, 6) is 0.616. The number of methoxy groups -OCH3 is 1. The molecule has 0 radical (unpaired) electrons. The van der Waals surface area contributed by atoms with E-state index in [0.717, 1.165) is 27.7 Å². The molecule has 1 aromatic heterocycles. The topological polar surface area (TPSA) is 48.3 Å². The quantitative estimate of drug-likeness (QED) is 0.641. The van der Waals surface area contributed by atoms with Crippen LogP contribution in [0.4, 0.5) is 0 Å². The molecule has 0 unspecified atom stereocenters. The van der Waals surface area contributed by atoms with E-state index in [1.807, 2.05) is 55.5 Å². The molecule has 132 valence electrons. The second kappa shape index (κ2) is 7.40. The van der Waals surface area contributed by atoms with Crippen LogP contribution in [0.15, 0.2) is 54.6 Å². The Hall–Kier alpha value is -3.14. The lowest BCUT2D eigenvalue weighted by Gasteiger charge is -2.04. The van der Waals surface area contributed by atoms with Crippen LogP contribution in [0.2, 0.25) is 0 Å². The van der Waals surface area contributed by atoms with Gasteiger partial charge in [-0.1, -0.05) is 30.3 Å². The first kappa shape index (κ1) is 17.7. The highest BCUT2D eigenvalue weighted by atomic mass is 16.5. The molecular weight excluding hydrogens is 326 g/mol. The second-order valence-corrected chi connectivity index (χ2v) is 6.24. The van der Waals surface area contributed by atoms with Crippen LogP contribution in [0.1, 0.15) is 28.5 Å². The lowest BCUT2D eigenvalue weighted by atomic mass is 10.1. The summed E-state index contributed by atoms with van der Waals surface area (Å²) in [7, 11) is 1.60. The van der Waals surface area contributed by atoms with Gasteiger partial charge in [-0.2, -0.15) is 0 Å². The van der Waals surface area contributed by atoms with E-state index < -0.39 is 0 Å². The van der Waals surface area contributed by atoms with E-state index in [1.54, 1.807) is 30.8 Å². The van der Waals surface area contributed by atoms with Gasteiger partial charge < -0.3 is 4.74 Å². The summed E-state index contributed by atoms with van der Waals surface area (Å²) in [6, 6.07) is 15.2. The van der Waals surface area contributed by atoms with Gasteiger partial charge >= 0.3 is 0 Å². The van der Waals surface area contributed by atoms with Crippen LogP contribution in [0, 0.1) is 6.92 Å². The minimum atomic E-state index is -0.142. The number of carbonyl (C=O) groups is 2. The van der Waals surface area contributed by atoms with Crippen molar-refractivity contribution in [2.75, 3.05) is 7.11 Å². The zero-order chi connectivity index (χ0) is 18.7. The molecule has 2 aromatic carbocycles. The van der Waals surface area contributed by atoms with Gasteiger partial charge in [-0.05, 0) is 49.2 Å². The Morgan fingerprint density at radius 3 is 2.50 bits per heavy atom. The average molecular weight is 347 g/mol. The summed E-state index contributed by atoms with van der Waals surface area (Å²) in [6.07, 6.45) is 3.64. The number of hydrogen-bond acceptors (Lipinski definition) is 3. The highest BCUT2D eigenvalue weighted by Gasteiger charge is 2.19. The van der Waals surface area contributed by atoms with Crippen LogP contribution in [0.5, 0.6) is 5.75 Å². The zero-order valence-electron chi connectivity index (χ0n) is 15.2. The number of carbonyl (C=O) groups excluding carboxylic acids is 2. The number of fused-ring (bicyclic) bond motifs is 1. The van der Waals surface area contributed by atoms with Gasteiger partial charge in [-0.3, -0.25) is 14.2 Å². The van der Waals surface area contributed by atoms with Gasteiger partial charge in [0.25, 0.3) is 5.91 Å². The van der Waals surface area contributed by atoms with E-state index in [1.165, 1.54) is 0 Å². The number of rotatable bonds is 5. The molecular formula is C22H21NO3. The van der Waals surface area contributed by atoms with Crippen molar-refractivity contribution in [3.05, 3.63) is 71.4 Å². The van der Waals surface area contributed by atoms with E-state index >= 15 is 0 Å². The Balaban J connectivity index is 2.10. The summed E-state index contributed by atoms with van der Waals surface area (Å²) >= 11 is 0. The first-order valence-electron chi connectivity index (χ1n) is 8.46. The summed E-state index contributed by atoms with van der Waals surface area (Å²) < 4.78 is 6.96. The minimum absolute atomic E-state index is 0.0576. The lowest BCUT2D eigenvalue weighted by molar-refractivity contribution is -0.116. The SMILES string of the molecule is COc1ccc2c(c1)c(CC(C)=O)c(C)n2C(=O)C=Cc1ccccc1. The minimum Gasteiger partial charge on any atom is -0.497 e. The maximum absolute atomic E-state index is 12.9. The third kappa shape index (κ3) is 3.45. The van der Waals surface area contributed by atoms with Crippen molar-refractivity contribution in [2.45, 2.75) is 20.3 Å². The molecule has 0 fully saturated rings. The van der Waals surface area contributed by atoms with Crippen LogP contribution < -0.4 is 4.74 Å². The van der Waals surface area contributed by atoms with E-state index in [2.05, 4.69) is 0 Å². The highest BCUT2D eigenvalue weighted by Crippen LogP contribution is 2.30. The first-order valence-corrected chi connectivity index (χ1v) is 8.46. The Morgan fingerprint density at radius 1 is 1.12 bits per heavy atom. The molecule has 0 bridgehead atoms. The van der Waals surface area contributed by atoms with Crippen molar-refractivity contribution < 1.29 is 14.3 Å². The van der Waals surface area contributed by atoms with Crippen molar-refractivity contribution in [2.24, 2.45) is 0 Å². The number of ether oxygens (including phenoxy) is 1. The van der Waals surface area contributed by atoms with Gasteiger partial charge in [0.15, 0.2) is 0 Å². The van der Waals surface area contributed by atoms with Crippen LogP contribution in [-0.2, 0) is 11.2 Å². The number of hydrogen-bond donors (Lipinski definition) is 0. The Bertz CT molecular complexity index is 997. The Kier molecular flexibility index (Phi) is 5.03. The monoisotopic (exact) mass is 347 g/mol. The van der Waals surface area contributed by atoms with Crippen molar-refractivity contribution >= 4 is 28.7 Å². The predicted molar refractivity (Wildman–Crippen MR) is 104 cm³/mol. The van der Waals surface area contributed by atoms with Crippen molar-refractivity contribution in [3.8, 4) is 5.75 Å². The van der Waals surface area contributed by atoms with Gasteiger partial charge in [-0.15, -0.1) is 0 Å².